The number of para-hydroxylation sites is 2. The van der Waals surface area contributed by atoms with E-state index < -0.39 is 0 Å². The van der Waals surface area contributed by atoms with Crippen LogP contribution in [0.25, 0.3) is 11.0 Å². The van der Waals surface area contributed by atoms with Crippen molar-refractivity contribution in [1.29, 1.82) is 0 Å². The Bertz CT molecular complexity index is 387. The zero-order chi connectivity index (χ0) is 7.68. The third-order valence-corrected chi connectivity index (χ3v) is 2.94. The molecule has 0 aliphatic rings. The first kappa shape index (κ1) is 7.10. The van der Waals surface area contributed by atoms with E-state index in [4.69, 9.17) is 0 Å². The first-order chi connectivity index (χ1) is 5.36. The topological polar surface area (TPSA) is 25.8 Å². The van der Waals surface area contributed by atoms with Crippen molar-refractivity contribution in [1.82, 2.24) is 9.97 Å². The van der Waals surface area contributed by atoms with E-state index in [1.54, 1.807) is 0 Å². The molecule has 3 heteroatoms. The molecule has 0 unspecified atom stereocenters. The average molecular weight is 246 g/mol. The summed E-state index contributed by atoms with van der Waals surface area (Å²) in [5.74, 6) is 0. The van der Waals surface area contributed by atoms with Gasteiger partial charge in [-0.15, -0.1) is 0 Å². The molecule has 0 atom stereocenters. The Hall–Kier alpha value is -0.570. The van der Waals surface area contributed by atoms with Crippen LogP contribution in [0.5, 0.6) is 0 Å². The van der Waals surface area contributed by atoms with E-state index in [0.29, 0.717) is 24.4 Å². The number of fused-ring (bicyclic) bond motifs is 1. The van der Waals surface area contributed by atoms with Crippen LogP contribution in [0.4, 0.5) is 0 Å². The van der Waals surface area contributed by atoms with Gasteiger partial charge in [0.05, 0.1) is 0 Å². The molecule has 0 N–H and O–H groups in total. The van der Waals surface area contributed by atoms with Crippen LogP contribution in [0.2, 0.25) is 0 Å². The Balaban J connectivity index is 2.83. The van der Waals surface area contributed by atoms with E-state index in [2.05, 4.69) is 9.97 Å². The molecule has 1 heterocycles. The van der Waals surface area contributed by atoms with Gasteiger partial charge < -0.3 is 0 Å². The van der Waals surface area contributed by atoms with Crippen LogP contribution < -0.4 is 3.45 Å². The molecule has 0 spiro atoms. The van der Waals surface area contributed by atoms with Gasteiger partial charge in [-0.2, -0.15) is 0 Å². The molecule has 52 valence electrons. The van der Waals surface area contributed by atoms with Gasteiger partial charge in [-0.05, 0) is 0 Å². The molecule has 2 nitrogen and oxygen atoms in total. The molecule has 11 heavy (non-hydrogen) atoms. The van der Waals surface area contributed by atoms with E-state index in [0.717, 1.165) is 11.0 Å². The molecule has 0 saturated carbocycles. The second-order valence-corrected chi connectivity index (χ2v) is 5.42. The van der Waals surface area contributed by atoms with Gasteiger partial charge in [0, 0.05) is 0 Å². The van der Waals surface area contributed by atoms with Gasteiger partial charge in [0.25, 0.3) is 0 Å². The summed E-state index contributed by atoms with van der Waals surface area (Å²) in [6.45, 7) is 0. The SMILES string of the molecule is [InH2][c]1cnc2ccccc2n1. The summed E-state index contributed by atoms with van der Waals surface area (Å²) in [7, 11) is 0. The summed E-state index contributed by atoms with van der Waals surface area (Å²) in [4.78, 5) is 8.68. The molecule has 0 radical (unpaired) electrons. The molecule has 2 rings (SSSR count). The molecule has 1 aromatic heterocycles. The maximum absolute atomic E-state index is 4.41. The van der Waals surface area contributed by atoms with Gasteiger partial charge in [0.1, 0.15) is 0 Å². The third kappa shape index (κ3) is 1.38. The second kappa shape index (κ2) is 2.81. The van der Waals surface area contributed by atoms with Crippen molar-refractivity contribution in [3.8, 4) is 0 Å². The van der Waals surface area contributed by atoms with E-state index in [9.17, 15) is 0 Å². The van der Waals surface area contributed by atoms with Crippen molar-refractivity contribution < 1.29 is 0 Å². The number of rotatable bonds is 0. The first-order valence-electron chi connectivity index (χ1n) is 3.55. The Morgan fingerprint density at radius 1 is 1.09 bits per heavy atom. The standard InChI is InChI=1S/C8H5N2.In.2H/c1-2-4-8-7(3-1)9-5-6-10-8;;;/h1-5H;;;. The van der Waals surface area contributed by atoms with Gasteiger partial charge in [-0.25, -0.2) is 0 Å². The fourth-order valence-electron chi connectivity index (χ4n) is 1.05. The van der Waals surface area contributed by atoms with Gasteiger partial charge in [0.15, 0.2) is 0 Å². The fourth-order valence-corrected chi connectivity index (χ4v) is 2.11. The van der Waals surface area contributed by atoms with Crippen molar-refractivity contribution in [2.45, 2.75) is 0 Å². The van der Waals surface area contributed by atoms with E-state index in [-0.39, 0.29) is 0 Å². The van der Waals surface area contributed by atoms with Crippen LogP contribution in [0, 0.1) is 0 Å². The predicted octanol–water partition coefficient (Wildman–Crippen LogP) is -0.112. The number of hydrogen-bond acceptors (Lipinski definition) is 2. The van der Waals surface area contributed by atoms with Crippen LogP contribution in [-0.4, -0.2) is 34.3 Å². The molecule has 2 aromatic rings. The van der Waals surface area contributed by atoms with Crippen molar-refractivity contribution in [3.05, 3.63) is 30.5 Å². The fraction of sp³-hybridized carbons (Fsp3) is 0. The van der Waals surface area contributed by atoms with Gasteiger partial charge in [0.2, 0.25) is 0 Å². The predicted molar refractivity (Wildman–Crippen MR) is 47.7 cm³/mol. The molecule has 0 saturated heterocycles. The van der Waals surface area contributed by atoms with Crippen LogP contribution in [0.3, 0.4) is 0 Å². The normalized spacial score (nSPS) is 10.2. The summed E-state index contributed by atoms with van der Waals surface area (Å²) < 4.78 is 1.17. The molecular formula is C8H7InN2. The van der Waals surface area contributed by atoms with Crippen LogP contribution in [0.1, 0.15) is 0 Å². The van der Waals surface area contributed by atoms with Crippen molar-refractivity contribution in [2.75, 3.05) is 0 Å². The summed E-state index contributed by atoms with van der Waals surface area (Å²) in [6, 6.07) is 7.96. The molecule has 0 fully saturated rings. The van der Waals surface area contributed by atoms with Crippen molar-refractivity contribution in [3.63, 3.8) is 0 Å². The zero-order valence-corrected chi connectivity index (χ0v) is 12.0. The van der Waals surface area contributed by atoms with Gasteiger partial charge in [-0.3, -0.25) is 0 Å². The molecular weight excluding hydrogens is 239 g/mol. The Morgan fingerprint density at radius 2 is 1.82 bits per heavy atom. The van der Waals surface area contributed by atoms with E-state index >= 15 is 0 Å². The number of nitrogens with zero attached hydrogens (tertiary/aromatic N) is 2. The van der Waals surface area contributed by atoms with Crippen LogP contribution in [0.15, 0.2) is 30.5 Å². The van der Waals surface area contributed by atoms with Gasteiger partial charge >= 0.3 is 79.3 Å². The Morgan fingerprint density at radius 3 is 2.64 bits per heavy atom. The number of benzene rings is 1. The van der Waals surface area contributed by atoms with Crippen LogP contribution >= 0.6 is 0 Å². The third-order valence-electron chi connectivity index (χ3n) is 1.57. The summed E-state index contributed by atoms with van der Waals surface area (Å²) in [6.07, 6.45) is 1.87. The molecule has 0 bridgehead atoms. The van der Waals surface area contributed by atoms with E-state index in [1.807, 2.05) is 30.5 Å². The zero-order valence-electron chi connectivity index (χ0n) is 6.28. The van der Waals surface area contributed by atoms with Crippen molar-refractivity contribution in [2.24, 2.45) is 0 Å². The second-order valence-electron chi connectivity index (χ2n) is 2.50. The summed E-state index contributed by atoms with van der Waals surface area (Å²) in [5.41, 5.74) is 2.01. The Labute approximate surface area is 79.2 Å². The van der Waals surface area contributed by atoms with E-state index in [1.165, 1.54) is 3.45 Å². The monoisotopic (exact) mass is 246 g/mol. The molecule has 0 amide bonds. The van der Waals surface area contributed by atoms with Crippen LogP contribution in [-0.2, 0) is 0 Å². The minimum atomic E-state index is 0.471. The average Bonchev–Trinajstić information content (AvgIpc) is 2.04. The first-order valence-corrected chi connectivity index (χ1v) is 6.40. The Kier molecular flexibility index (Phi) is 1.82. The van der Waals surface area contributed by atoms with Crippen molar-refractivity contribution >= 4 is 38.9 Å². The summed E-state index contributed by atoms with van der Waals surface area (Å²) in [5, 5.41) is 0. The number of aromatic nitrogens is 2. The maximum atomic E-state index is 4.41. The minimum absolute atomic E-state index is 0.471. The quantitative estimate of drug-likeness (QED) is 0.648. The molecule has 1 aromatic carbocycles. The number of hydrogen-bond donors (Lipinski definition) is 0. The molecule has 0 aliphatic carbocycles. The molecule has 0 aliphatic heterocycles. The summed E-state index contributed by atoms with van der Waals surface area (Å²) >= 11 is 0.471. The van der Waals surface area contributed by atoms with Gasteiger partial charge in [-0.1, -0.05) is 0 Å².